The Morgan fingerprint density at radius 1 is 1.35 bits per heavy atom. The third-order valence-electron chi connectivity index (χ3n) is 3.90. The van der Waals surface area contributed by atoms with Crippen molar-refractivity contribution in [3.05, 3.63) is 42.5 Å². The van der Waals surface area contributed by atoms with Crippen molar-refractivity contribution >= 4 is 11.9 Å². The van der Waals surface area contributed by atoms with E-state index in [2.05, 4.69) is 27.5 Å². The lowest BCUT2D eigenvalue weighted by atomic mass is 10.2. The Morgan fingerprint density at radius 3 is 2.88 bits per heavy atom. The van der Waals surface area contributed by atoms with E-state index in [0.29, 0.717) is 32.2 Å². The van der Waals surface area contributed by atoms with Gasteiger partial charge in [-0.3, -0.25) is 4.79 Å². The minimum absolute atomic E-state index is 0.143. The smallest absolute Gasteiger partial charge is 0.220 e. The van der Waals surface area contributed by atoms with Crippen molar-refractivity contribution in [3.63, 3.8) is 0 Å². The summed E-state index contributed by atoms with van der Waals surface area (Å²) in [6.07, 6.45) is 5.30. The number of rotatable bonds is 11. The maximum absolute atomic E-state index is 11.7. The second kappa shape index (κ2) is 11.2. The number of guanidine groups is 1. The molecule has 1 amide bonds. The molecule has 1 fully saturated rings. The van der Waals surface area contributed by atoms with Crippen LogP contribution in [-0.4, -0.2) is 37.6 Å². The van der Waals surface area contributed by atoms with E-state index in [1.54, 1.807) is 6.08 Å². The van der Waals surface area contributed by atoms with Crippen molar-refractivity contribution in [3.8, 4) is 5.75 Å². The Balaban J connectivity index is 1.79. The Bertz CT molecular complexity index is 612. The molecule has 1 saturated carbocycles. The zero-order chi connectivity index (χ0) is 18.6. The maximum Gasteiger partial charge on any atom is 0.220 e. The third-order valence-corrected chi connectivity index (χ3v) is 3.90. The Labute approximate surface area is 156 Å². The minimum Gasteiger partial charge on any atom is -0.489 e. The zero-order valence-electron chi connectivity index (χ0n) is 15.6. The van der Waals surface area contributed by atoms with Crippen LogP contribution >= 0.6 is 0 Å². The molecule has 6 nitrogen and oxygen atoms in total. The summed E-state index contributed by atoms with van der Waals surface area (Å²) >= 11 is 0. The van der Waals surface area contributed by atoms with E-state index >= 15 is 0 Å². The van der Waals surface area contributed by atoms with Gasteiger partial charge in [-0.1, -0.05) is 30.9 Å². The van der Waals surface area contributed by atoms with Crippen LogP contribution in [-0.2, 0) is 11.3 Å². The number of nitrogens with zero attached hydrogens (tertiary/aromatic N) is 1. The molecule has 0 bridgehead atoms. The molecule has 0 spiro atoms. The van der Waals surface area contributed by atoms with Crippen LogP contribution in [0.1, 0.15) is 38.2 Å². The van der Waals surface area contributed by atoms with Gasteiger partial charge >= 0.3 is 0 Å². The summed E-state index contributed by atoms with van der Waals surface area (Å²) in [4.78, 5) is 16.3. The number of carbonyl (C=O) groups is 1. The third kappa shape index (κ3) is 7.59. The van der Waals surface area contributed by atoms with Gasteiger partial charge in [0.25, 0.3) is 0 Å². The van der Waals surface area contributed by atoms with Crippen LogP contribution in [0.15, 0.2) is 41.9 Å². The molecular formula is C20H30N4O2. The molecule has 0 heterocycles. The van der Waals surface area contributed by atoms with E-state index in [9.17, 15) is 4.79 Å². The summed E-state index contributed by atoms with van der Waals surface area (Å²) in [6.45, 7) is 8.19. The number of carbonyl (C=O) groups excluding carboxylic acids is 1. The van der Waals surface area contributed by atoms with Crippen LogP contribution < -0.4 is 20.7 Å². The van der Waals surface area contributed by atoms with Gasteiger partial charge in [0.05, 0.1) is 6.54 Å². The predicted octanol–water partition coefficient (Wildman–Crippen LogP) is 2.37. The molecule has 0 unspecified atom stereocenters. The molecule has 0 atom stereocenters. The van der Waals surface area contributed by atoms with Crippen LogP contribution in [0.5, 0.6) is 5.75 Å². The van der Waals surface area contributed by atoms with Gasteiger partial charge in [-0.25, -0.2) is 4.99 Å². The van der Waals surface area contributed by atoms with Crippen LogP contribution in [0, 0.1) is 0 Å². The number of ether oxygens (including phenoxy) is 1. The molecule has 0 radical (unpaired) electrons. The lowest BCUT2D eigenvalue weighted by molar-refractivity contribution is -0.121. The Hall–Kier alpha value is -2.50. The van der Waals surface area contributed by atoms with Crippen molar-refractivity contribution < 1.29 is 9.53 Å². The Kier molecular flexibility index (Phi) is 8.52. The summed E-state index contributed by atoms with van der Waals surface area (Å²) in [5, 5.41) is 9.51. The standard InChI is InChI=1S/C20H30N4O2/c1-3-14-26-18-9-6-5-8-16(18)15-23-20(21-4-2)22-13-7-10-19(25)24-17-11-12-17/h3,5-6,8-9,17H,1,4,7,10-15H2,2H3,(H,24,25)(H2,21,22,23). The summed E-state index contributed by atoms with van der Waals surface area (Å²) in [5.74, 6) is 1.71. The first-order valence-electron chi connectivity index (χ1n) is 9.36. The van der Waals surface area contributed by atoms with Gasteiger partial charge in [0, 0.05) is 31.1 Å². The quantitative estimate of drug-likeness (QED) is 0.246. The van der Waals surface area contributed by atoms with E-state index in [1.165, 1.54) is 0 Å². The molecule has 3 N–H and O–H groups in total. The molecule has 2 rings (SSSR count). The van der Waals surface area contributed by atoms with E-state index in [4.69, 9.17) is 4.74 Å². The topological polar surface area (TPSA) is 74.8 Å². The number of aliphatic imine (C=N–C) groups is 1. The fourth-order valence-corrected chi connectivity index (χ4v) is 2.41. The highest BCUT2D eigenvalue weighted by molar-refractivity contribution is 5.80. The van der Waals surface area contributed by atoms with E-state index < -0.39 is 0 Å². The second-order valence-corrected chi connectivity index (χ2v) is 6.27. The van der Waals surface area contributed by atoms with E-state index in [-0.39, 0.29) is 5.91 Å². The minimum atomic E-state index is 0.143. The summed E-state index contributed by atoms with van der Waals surface area (Å²) in [6, 6.07) is 8.30. The number of para-hydroxylation sites is 1. The number of benzene rings is 1. The predicted molar refractivity (Wildman–Crippen MR) is 105 cm³/mol. The van der Waals surface area contributed by atoms with Crippen molar-refractivity contribution in [2.24, 2.45) is 4.99 Å². The molecule has 26 heavy (non-hydrogen) atoms. The first-order valence-corrected chi connectivity index (χ1v) is 9.36. The highest BCUT2D eigenvalue weighted by Gasteiger charge is 2.22. The summed E-state index contributed by atoms with van der Waals surface area (Å²) < 4.78 is 5.67. The lowest BCUT2D eigenvalue weighted by Gasteiger charge is -2.12. The van der Waals surface area contributed by atoms with Crippen LogP contribution in [0.25, 0.3) is 0 Å². The van der Waals surface area contributed by atoms with E-state index in [0.717, 1.165) is 43.1 Å². The molecule has 1 aromatic rings. The first kappa shape index (κ1) is 19.8. The monoisotopic (exact) mass is 358 g/mol. The molecule has 0 aromatic heterocycles. The molecule has 0 saturated heterocycles. The highest BCUT2D eigenvalue weighted by atomic mass is 16.5. The molecule has 0 aliphatic heterocycles. The van der Waals surface area contributed by atoms with Crippen LogP contribution in [0.3, 0.4) is 0 Å². The first-order chi connectivity index (χ1) is 12.7. The SMILES string of the molecule is C=CCOc1ccccc1CN=C(NCC)NCCCC(=O)NC1CC1. The molecule has 1 aliphatic rings. The highest BCUT2D eigenvalue weighted by Crippen LogP contribution is 2.19. The summed E-state index contributed by atoms with van der Waals surface area (Å²) in [7, 11) is 0. The molecule has 1 aromatic carbocycles. The van der Waals surface area contributed by atoms with Crippen molar-refractivity contribution in [2.45, 2.75) is 45.2 Å². The molecule has 1 aliphatic carbocycles. The van der Waals surface area contributed by atoms with E-state index in [1.807, 2.05) is 31.2 Å². The number of amides is 1. The zero-order valence-corrected chi connectivity index (χ0v) is 15.6. The van der Waals surface area contributed by atoms with Gasteiger partial charge < -0.3 is 20.7 Å². The second-order valence-electron chi connectivity index (χ2n) is 6.27. The normalized spacial score (nSPS) is 13.8. The van der Waals surface area contributed by atoms with Crippen molar-refractivity contribution in [1.82, 2.24) is 16.0 Å². The van der Waals surface area contributed by atoms with Gasteiger partial charge in [-0.2, -0.15) is 0 Å². The Morgan fingerprint density at radius 2 is 2.15 bits per heavy atom. The molecular weight excluding hydrogens is 328 g/mol. The fraction of sp³-hybridized carbons (Fsp3) is 0.500. The average Bonchev–Trinajstić information content (AvgIpc) is 3.46. The molecule has 142 valence electrons. The maximum atomic E-state index is 11.7. The van der Waals surface area contributed by atoms with Crippen LogP contribution in [0.2, 0.25) is 0 Å². The van der Waals surface area contributed by atoms with Gasteiger partial charge in [0.1, 0.15) is 12.4 Å². The fourth-order valence-electron chi connectivity index (χ4n) is 2.41. The number of hydrogen-bond donors (Lipinski definition) is 3. The van der Waals surface area contributed by atoms with Gasteiger partial charge in [-0.05, 0) is 32.3 Å². The van der Waals surface area contributed by atoms with Gasteiger partial charge in [0.2, 0.25) is 5.91 Å². The van der Waals surface area contributed by atoms with Gasteiger partial charge in [-0.15, -0.1) is 0 Å². The van der Waals surface area contributed by atoms with Gasteiger partial charge in [0.15, 0.2) is 5.96 Å². The van der Waals surface area contributed by atoms with Crippen molar-refractivity contribution in [2.75, 3.05) is 19.7 Å². The van der Waals surface area contributed by atoms with Crippen LogP contribution in [0.4, 0.5) is 0 Å². The average molecular weight is 358 g/mol. The van der Waals surface area contributed by atoms with Crippen molar-refractivity contribution in [1.29, 1.82) is 0 Å². The number of hydrogen-bond acceptors (Lipinski definition) is 3. The molecule has 6 heteroatoms. The summed E-state index contributed by atoms with van der Waals surface area (Å²) in [5.41, 5.74) is 1.02. The largest absolute Gasteiger partial charge is 0.489 e. The lowest BCUT2D eigenvalue weighted by Crippen LogP contribution is -2.38. The number of nitrogens with one attached hydrogen (secondary N) is 3.